The number of hydrogen-bond donors (Lipinski definition) is 1. The fraction of sp³-hybridized carbons (Fsp3) is 0.500. The van der Waals surface area contributed by atoms with Crippen molar-refractivity contribution in [2.45, 2.75) is 25.7 Å². The van der Waals surface area contributed by atoms with Crippen molar-refractivity contribution in [2.24, 2.45) is 0 Å². The van der Waals surface area contributed by atoms with E-state index in [4.69, 9.17) is 0 Å². The van der Waals surface area contributed by atoms with E-state index in [-0.39, 0.29) is 12.5 Å². The molecule has 1 aliphatic rings. The Labute approximate surface area is 127 Å². The van der Waals surface area contributed by atoms with Crippen molar-refractivity contribution >= 4 is 28.3 Å². The number of thiophene rings is 1. The van der Waals surface area contributed by atoms with E-state index in [0.717, 1.165) is 31.2 Å². The zero-order chi connectivity index (χ0) is 15.4. The van der Waals surface area contributed by atoms with Gasteiger partial charge in [-0.05, 0) is 31.2 Å². The van der Waals surface area contributed by atoms with Gasteiger partial charge < -0.3 is 15.0 Å². The summed E-state index contributed by atoms with van der Waals surface area (Å²) in [4.78, 5) is 25.6. The third-order valence-corrected chi connectivity index (χ3v) is 4.61. The number of nitriles is 1. The molecule has 7 heteroatoms. The number of rotatable bonds is 3. The van der Waals surface area contributed by atoms with Gasteiger partial charge in [-0.25, -0.2) is 4.79 Å². The summed E-state index contributed by atoms with van der Waals surface area (Å²) in [5, 5.41) is 12.6. The van der Waals surface area contributed by atoms with Gasteiger partial charge >= 0.3 is 6.09 Å². The molecule has 6 nitrogen and oxygen atoms in total. The van der Waals surface area contributed by atoms with Gasteiger partial charge in [-0.2, -0.15) is 5.26 Å². The average Bonchev–Trinajstić information content (AvgIpc) is 2.82. The number of fused-ring (bicyclic) bond motifs is 1. The van der Waals surface area contributed by atoms with Crippen LogP contribution in [0.3, 0.4) is 0 Å². The number of amides is 2. The van der Waals surface area contributed by atoms with E-state index >= 15 is 0 Å². The van der Waals surface area contributed by atoms with Crippen LogP contribution in [0.4, 0.5) is 9.80 Å². The standard InChI is InChI=1S/C14H17N3O3S/c1-17(14(19)20-2)8-12(18)16-13-10(7-15)9-5-3-4-6-11(9)21-13/h3-6,8H2,1-2H3,(H,16,18). The summed E-state index contributed by atoms with van der Waals surface area (Å²) in [5.74, 6) is -0.335. The second-order valence-corrected chi connectivity index (χ2v) is 6.01. The van der Waals surface area contributed by atoms with E-state index in [1.165, 1.54) is 35.3 Å². The highest BCUT2D eigenvalue weighted by Crippen LogP contribution is 2.37. The summed E-state index contributed by atoms with van der Waals surface area (Å²) < 4.78 is 4.53. The molecule has 1 N–H and O–H groups in total. The zero-order valence-corrected chi connectivity index (χ0v) is 12.9. The Kier molecular flexibility index (Phi) is 4.81. The Morgan fingerprint density at radius 3 is 2.81 bits per heavy atom. The normalized spacial score (nSPS) is 13.0. The Hall–Kier alpha value is -2.07. The molecular formula is C14H17N3O3S. The third kappa shape index (κ3) is 3.34. The monoisotopic (exact) mass is 307 g/mol. The highest BCUT2D eigenvalue weighted by molar-refractivity contribution is 7.16. The Balaban J connectivity index is 2.09. The van der Waals surface area contributed by atoms with Crippen LogP contribution in [0.1, 0.15) is 28.8 Å². The molecule has 0 radical (unpaired) electrons. The lowest BCUT2D eigenvalue weighted by Crippen LogP contribution is -2.34. The lowest BCUT2D eigenvalue weighted by molar-refractivity contribution is -0.116. The van der Waals surface area contributed by atoms with Crippen LogP contribution in [0, 0.1) is 11.3 Å². The molecule has 0 fully saturated rings. The molecule has 112 valence electrons. The van der Waals surface area contributed by atoms with Crippen molar-refractivity contribution in [3.63, 3.8) is 0 Å². The summed E-state index contributed by atoms with van der Waals surface area (Å²) >= 11 is 1.47. The Morgan fingerprint density at radius 2 is 2.14 bits per heavy atom. The number of aryl methyl sites for hydroxylation is 1. The highest BCUT2D eigenvalue weighted by atomic mass is 32.1. The van der Waals surface area contributed by atoms with E-state index in [0.29, 0.717) is 10.6 Å². The largest absolute Gasteiger partial charge is 0.453 e. The first kappa shape index (κ1) is 15.3. The summed E-state index contributed by atoms with van der Waals surface area (Å²) in [7, 11) is 2.74. The molecule has 0 spiro atoms. The maximum atomic E-state index is 12.0. The lowest BCUT2D eigenvalue weighted by Gasteiger charge is -2.14. The van der Waals surface area contributed by atoms with E-state index in [2.05, 4.69) is 16.1 Å². The van der Waals surface area contributed by atoms with E-state index in [1.54, 1.807) is 0 Å². The molecular weight excluding hydrogens is 290 g/mol. The molecule has 0 atom stereocenters. The van der Waals surface area contributed by atoms with Crippen molar-refractivity contribution in [2.75, 3.05) is 26.0 Å². The van der Waals surface area contributed by atoms with E-state index < -0.39 is 6.09 Å². The fourth-order valence-corrected chi connectivity index (χ4v) is 3.63. The predicted octanol–water partition coefficient (Wildman–Crippen LogP) is 2.14. The minimum atomic E-state index is -0.573. The molecule has 1 aromatic heterocycles. The van der Waals surface area contributed by atoms with Crippen LogP contribution >= 0.6 is 11.3 Å². The number of anilines is 1. The van der Waals surface area contributed by atoms with Crippen LogP contribution in [-0.2, 0) is 22.4 Å². The van der Waals surface area contributed by atoms with Gasteiger partial charge in [0.1, 0.15) is 17.6 Å². The molecule has 1 aliphatic carbocycles. The van der Waals surface area contributed by atoms with Gasteiger partial charge in [-0.15, -0.1) is 11.3 Å². The Morgan fingerprint density at radius 1 is 1.43 bits per heavy atom. The van der Waals surface area contributed by atoms with Gasteiger partial charge in [0.25, 0.3) is 0 Å². The predicted molar refractivity (Wildman–Crippen MR) is 79.3 cm³/mol. The summed E-state index contributed by atoms with van der Waals surface area (Å²) in [5.41, 5.74) is 1.65. The first-order chi connectivity index (χ1) is 10.1. The fourth-order valence-electron chi connectivity index (χ4n) is 2.37. The van der Waals surface area contributed by atoms with Crippen LogP contribution in [0.25, 0.3) is 0 Å². The van der Waals surface area contributed by atoms with Crippen molar-refractivity contribution < 1.29 is 14.3 Å². The summed E-state index contributed by atoms with van der Waals surface area (Å²) in [6.07, 6.45) is 3.49. The SMILES string of the molecule is COC(=O)N(C)CC(=O)Nc1sc2c(c1C#N)CCCC2. The number of methoxy groups -OCH3 is 1. The van der Waals surface area contributed by atoms with Gasteiger partial charge in [0.2, 0.25) is 5.91 Å². The highest BCUT2D eigenvalue weighted by Gasteiger charge is 2.22. The van der Waals surface area contributed by atoms with Crippen LogP contribution in [-0.4, -0.2) is 37.6 Å². The Bertz CT molecular complexity index is 603. The molecule has 1 aromatic rings. The third-order valence-electron chi connectivity index (χ3n) is 3.40. The van der Waals surface area contributed by atoms with Crippen molar-refractivity contribution in [1.82, 2.24) is 4.90 Å². The van der Waals surface area contributed by atoms with Crippen LogP contribution in [0.15, 0.2) is 0 Å². The van der Waals surface area contributed by atoms with Crippen molar-refractivity contribution in [1.29, 1.82) is 5.26 Å². The number of carbonyl (C=O) groups excluding carboxylic acids is 2. The van der Waals surface area contributed by atoms with Crippen LogP contribution in [0.2, 0.25) is 0 Å². The minimum absolute atomic E-state index is 0.111. The molecule has 21 heavy (non-hydrogen) atoms. The van der Waals surface area contributed by atoms with Crippen molar-refractivity contribution in [3.05, 3.63) is 16.0 Å². The average molecular weight is 307 g/mol. The summed E-state index contributed by atoms with van der Waals surface area (Å²) in [6.45, 7) is -0.111. The molecule has 0 bridgehead atoms. The number of nitrogens with zero attached hydrogens (tertiary/aromatic N) is 2. The molecule has 2 amide bonds. The topological polar surface area (TPSA) is 82.4 Å². The van der Waals surface area contributed by atoms with Gasteiger partial charge in [-0.1, -0.05) is 0 Å². The van der Waals surface area contributed by atoms with E-state index in [1.807, 2.05) is 0 Å². The van der Waals surface area contributed by atoms with Gasteiger partial charge in [0.05, 0.1) is 12.7 Å². The van der Waals surface area contributed by atoms with Crippen LogP contribution in [0.5, 0.6) is 0 Å². The first-order valence-electron chi connectivity index (χ1n) is 6.70. The number of carbonyl (C=O) groups is 2. The number of nitrogens with one attached hydrogen (secondary N) is 1. The second-order valence-electron chi connectivity index (χ2n) is 4.90. The molecule has 1 heterocycles. The maximum absolute atomic E-state index is 12.0. The van der Waals surface area contributed by atoms with Gasteiger partial charge in [0.15, 0.2) is 0 Å². The minimum Gasteiger partial charge on any atom is -0.453 e. The molecule has 0 aliphatic heterocycles. The zero-order valence-electron chi connectivity index (χ0n) is 12.1. The van der Waals surface area contributed by atoms with Gasteiger partial charge in [0, 0.05) is 11.9 Å². The molecule has 0 aromatic carbocycles. The number of hydrogen-bond acceptors (Lipinski definition) is 5. The second kappa shape index (κ2) is 6.59. The molecule has 0 unspecified atom stereocenters. The van der Waals surface area contributed by atoms with E-state index in [9.17, 15) is 14.9 Å². The number of likely N-dealkylation sites (N-methyl/N-ethyl adjacent to an activating group) is 1. The molecule has 0 saturated carbocycles. The number of ether oxygens (including phenoxy) is 1. The van der Waals surface area contributed by atoms with Gasteiger partial charge in [-0.3, -0.25) is 4.79 Å². The van der Waals surface area contributed by atoms with Crippen LogP contribution < -0.4 is 5.32 Å². The lowest BCUT2D eigenvalue weighted by atomic mass is 9.96. The smallest absolute Gasteiger partial charge is 0.409 e. The maximum Gasteiger partial charge on any atom is 0.409 e. The van der Waals surface area contributed by atoms with Crippen molar-refractivity contribution in [3.8, 4) is 6.07 Å². The molecule has 0 saturated heterocycles. The first-order valence-corrected chi connectivity index (χ1v) is 7.52. The molecule has 2 rings (SSSR count). The quantitative estimate of drug-likeness (QED) is 0.927. The summed E-state index contributed by atoms with van der Waals surface area (Å²) in [6, 6.07) is 2.19.